The van der Waals surface area contributed by atoms with Crippen molar-refractivity contribution in [2.45, 2.75) is 20.3 Å². The van der Waals surface area contributed by atoms with Gasteiger partial charge in [0.1, 0.15) is 0 Å². The van der Waals surface area contributed by atoms with Gasteiger partial charge in [-0.1, -0.05) is 13.8 Å². The zero-order valence-electron chi connectivity index (χ0n) is 10.1. The molecule has 0 bridgehead atoms. The Kier molecular flexibility index (Phi) is 3.14. The number of carbonyl (C=O) groups excluding carboxylic acids is 2. The minimum absolute atomic E-state index is 0.135. The average Bonchev–Trinajstić information content (AvgIpc) is 2.65. The number of rotatable bonds is 4. The predicted molar refractivity (Wildman–Crippen MR) is 65.6 cm³/mol. The summed E-state index contributed by atoms with van der Waals surface area (Å²) in [5, 5.41) is 0. The van der Waals surface area contributed by atoms with Gasteiger partial charge in [-0.05, 0) is 24.1 Å². The molecule has 0 saturated carbocycles. The zero-order valence-corrected chi connectivity index (χ0v) is 10.1. The molecule has 1 N–H and O–H groups in total. The summed E-state index contributed by atoms with van der Waals surface area (Å²) in [6.45, 7) is 3.75. The lowest BCUT2D eigenvalue weighted by molar-refractivity contribution is -0.115. The molecule has 2 aromatic rings. The van der Waals surface area contributed by atoms with E-state index in [2.05, 4.69) is 4.98 Å². The molecule has 0 fully saturated rings. The van der Waals surface area contributed by atoms with Gasteiger partial charge in [0.15, 0.2) is 5.58 Å². The minimum Gasteiger partial charge on any atom is -0.408 e. The largest absolute Gasteiger partial charge is 0.417 e. The molecular formula is C13H13NO4. The van der Waals surface area contributed by atoms with Crippen LogP contribution in [0.3, 0.4) is 0 Å². The van der Waals surface area contributed by atoms with Gasteiger partial charge < -0.3 is 4.42 Å². The SMILES string of the molecule is CC(C)CC(=O)C(=O)c1ccc2[nH]c(=O)oc2c1. The molecule has 0 radical (unpaired) electrons. The minimum atomic E-state index is -0.580. The van der Waals surface area contributed by atoms with Crippen LogP contribution in [0.4, 0.5) is 0 Å². The molecule has 0 amide bonds. The van der Waals surface area contributed by atoms with Crippen LogP contribution in [0.25, 0.3) is 11.1 Å². The maximum atomic E-state index is 11.9. The van der Waals surface area contributed by atoms with Gasteiger partial charge in [0, 0.05) is 12.0 Å². The second kappa shape index (κ2) is 4.60. The van der Waals surface area contributed by atoms with Crippen LogP contribution in [-0.4, -0.2) is 16.6 Å². The molecule has 94 valence electrons. The van der Waals surface area contributed by atoms with Crippen molar-refractivity contribution in [1.82, 2.24) is 4.98 Å². The number of nitrogens with one attached hydrogen (secondary N) is 1. The van der Waals surface area contributed by atoms with Gasteiger partial charge in [-0.2, -0.15) is 0 Å². The first-order valence-electron chi connectivity index (χ1n) is 5.68. The first-order chi connectivity index (χ1) is 8.47. The summed E-state index contributed by atoms with van der Waals surface area (Å²) in [4.78, 5) is 36.9. The maximum Gasteiger partial charge on any atom is 0.417 e. The first kappa shape index (κ1) is 12.3. The summed E-state index contributed by atoms with van der Waals surface area (Å²) >= 11 is 0. The summed E-state index contributed by atoms with van der Waals surface area (Å²) in [7, 11) is 0. The van der Waals surface area contributed by atoms with Crippen LogP contribution in [-0.2, 0) is 4.79 Å². The van der Waals surface area contributed by atoms with E-state index in [4.69, 9.17) is 4.42 Å². The van der Waals surface area contributed by atoms with E-state index >= 15 is 0 Å². The molecular weight excluding hydrogens is 234 g/mol. The molecule has 1 aromatic heterocycles. The molecule has 5 nitrogen and oxygen atoms in total. The summed E-state index contributed by atoms with van der Waals surface area (Å²) in [6.07, 6.45) is 0.216. The average molecular weight is 247 g/mol. The van der Waals surface area contributed by atoms with Gasteiger partial charge in [-0.15, -0.1) is 0 Å². The van der Waals surface area contributed by atoms with E-state index in [9.17, 15) is 14.4 Å². The van der Waals surface area contributed by atoms with Crippen LogP contribution in [0.15, 0.2) is 27.4 Å². The van der Waals surface area contributed by atoms with Crippen molar-refractivity contribution in [3.05, 3.63) is 34.3 Å². The number of H-pyrrole nitrogens is 1. The highest BCUT2D eigenvalue weighted by atomic mass is 16.4. The number of hydrogen-bond acceptors (Lipinski definition) is 4. The van der Waals surface area contributed by atoms with Crippen molar-refractivity contribution in [3.63, 3.8) is 0 Å². The van der Waals surface area contributed by atoms with Gasteiger partial charge in [0.05, 0.1) is 5.52 Å². The Morgan fingerprint density at radius 1 is 1.33 bits per heavy atom. The maximum absolute atomic E-state index is 11.9. The third-order valence-electron chi connectivity index (χ3n) is 2.53. The lowest BCUT2D eigenvalue weighted by Crippen LogP contribution is -2.16. The van der Waals surface area contributed by atoms with Crippen molar-refractivity contribution in [1.29, 1.82) is 0 Å². The Bertz CT molecular complexity index is 663. The van der Waals surface area contributed by atoms with E-state index in [1.807, 2.05) is 13.8 Å². The molecule has 5 heteroatoms. The molecule has 1 aromatic carbocycles. The van der Waals surface area contributed by atoms with Crippen LogP contribution >= 0.6 is 0 Å². The van der Waals surface area contributed by atoms with E-state index in [1.54, 1.807) is 6.07 Å². The fraction of sp³-hybridized carbons (Fsp3) is 0.308. The highest BCUT2D eigenvalue weighted by molar-refractivity contribution is 6.43. The fourth-order valence-corrected chi connectivity index (χ4v) is 1.71. The van der Waals surface area contributed by atoms with Gasteiger partial charge >= 0.3 is 5.76 Å². The zero-order chi connectivity index (χ0) is 13.3. The van der Waals surface area contributed by atoms with Crippen LogP contribution in [0, 0.1) is 5.92 Å². The van der Waals surface area contributed by atoms with Gasteiger partial charge in [0.25, 0.3) is 0 Å². The molecule has 0 unspecified atom stereocenters. The Morgan fingerprint density at radius 2 is 2.06 bits per heavy atom. The Balaban J connectivity index is 2.33. The molecule has 0 atom stereocenters. The Morgan fingerprint density at radius 3 is 2.72 bits per heavy atom. The van der Waals surface area contributed by atoms with E-state index in [0.717, 1.165) is 0 Å². The van der Waals surface area contributed by atoms with E-state index in [-0.39, 0.29) is 23.5 Å². The van der Waals surface area contributed by atoms with Crippen molar-refractivity contribution in [2.24, 2.45) is 5.92 Å². The Hall–Kier alpha value is -2.17. The molecule has 2 rings (SSSR count). The third kappa shape index (κ3) is 2.40. The van der Waals surface area contributed by atoms with Gasteiger partial charge in [-0.3, -0.25) is 14.6 Å². The van der Waals surface area contributed by atoms with Crippen LogP contribution in [0.1, 0.15) is 30.6 Å². The summed E-state index contributed by atoms with van der Waals surface area (Å²) in [5.74, 6) is -1.42. The number of aromatic amines is 1. The van der Waals surface area contributed by atoms with E-state index < -0.39 is 17.3 Å². The smallest absolute Gasteiger partial charge is 0.408 e. The monoisotopic (exact) mass is 247 g/mol. The summed E-state index contributed by atoms with van der Waals surface area (Å²) in [5.41, 5.74) is 1.03. The normalized spacial score (nSPS) is 11.1. The number of oxazole rings is 1. The van der Waals surface area contributed by atoms with Crippen molar-refractivity contribution in [2.75, 3.05) is 0 Å². The number of carbonyl (C=O) groups is 2. The second-order valence-electron chi connectivity index (χ2n) is 4.58. The number of benzene rings is 1. The lowest BCUT2D eigenvalue weighted by Gasteiger charge is -2.02. The molecule has 18 heavy (non-hydrogen) atoms. The topological polar surface area (TPSA) is 80.1 Å². The molecule has 0 aliphatic heterocycles. The van der Waals surface area contributed by atoms with Crippen LogP contribution in [0.2, 0.25) is 0 Å². The number of hydrogen-bond donors (Lipinski definition) is 1. The Labute approximate surface area is 103 Å². The predicted octanol–water partition coefficient (Wildman–Crippen LogP) is 1.92. The van der Waals surface area contributed by atoms with Crippen molar-refractivity contribution < 1.29 is 14.0 Å². The van der Waals surface area contributed by atoms with E-state index in [0.29, 0.717) is 5.52 Å². The molecule has 0 spiro atoms. The third-order valence-corrected chi connectivity index (χ3v) is 2.53. The van der Waals surface area contributed by atoms with Crippen molar-refractivity contribution >= 4 is 22.7 Å². The van der Waals surface area contributed by atoms with Gasteiger partial charge in [0.2, 0.25) is 11.6 Å². The summed E-state index contributed by atoms with van der Waals surface area (Å²) < 4.78 is 4.84. The fourth-order valence-electron chi connectivity index (χ4n) is 1.71. The number of ketones is 2. The van der Waals surface area contributed by atoms with Crippen LogP contribution < -0.4 is 5.76 Å². The van der Waals surface area contributed by atoms with Crippen molar-refractivity contribution in [3.8, 4) is 0 Å². The molecule has 0 aliphatic carbocycles. The lowest BCUT2D eigenvalue weighted by atomic mass is 10.00. The quantitative estimate of drug-likeness (QED) is 0.661. The highest BCUT2D eigenvalue weighted by Crippen LogP contribution is 2.14. The molecule has 0 aliphatic rings. The van der Waals surface area contributed by atoms with Gasteiger partial charge in [-0.25, -0.2) is 4.79 Å². The number of Topliss-reactive ketones (excluding diaryl/α,β-unsaturated/α-hetero) is 2. The second-order valence-corrected chi connectivity index (χ2v) is 4.58. The van der Waals surface area contributed by atoms with E-state index in [1.165, 1.54) is 12.1 Å². The first-order valence-corrected chi connectivity index (χ1v) is 5.68. The number of fused-ring (bicyclic) bond motifs is 1. The summed E-state index contributed by atoms with van der Waals surface area (Å²) in [6, 6.07) is 4.47. The number of aromatic nitrogens is 1. The molecule has 1 heterocycles. The standard InChI is InChI=1S/C13H13NO4/c1-7(2)5-10(15)12(16)8-3-4-9-11(6-8)18-13(17)14-9/h3-4,6-7H,5H2,1-2H3,(H,14,17). The molecule has 0 saturated heterocycles. The highest BCUT2D eigenvalue weighted by Gasteiger charge is 2.18. The van der Waals surface area contributed by atoms with Crippen LogP contribution in [0.5, 0.6) is 0 Å².